The zero-order valence-corrected chi connectivity index (χ0v) is 18.7. The van der Waals surface area contributed by atoms with Crippen LogP contribution in [0.4, 0.5) is 0 Å². The minimum Gasteiger partial charge on any atom is -0.481 e. The fourth-order valence-electron chi connectivity index (χ4n) is 3.04. The van der Waals surface area contributed by atoms with E-state index in [4.69, 9.17) is 22.4 Å². The summed E-state index contributed by atoms with van der Waals surface area (Å²) in [7, 11) is 0. The van der Waals surface area contributed by atoms with Gasteiger partial charge in [0, 0.05) is 36.7 Å². The van der Waals surface area contributed by atoms with Crippen LogP contribution < -0.4 is 26.7 Å². The van der Waals surface area contributed by atoms with Crippen LogP contribution in [0.25, 0.3) is 0 Å². The van der Waals surface area contributed by atoms with Crippen molar-refractivity contribution >= 4 is 35.3 Å². The molecule has 11 heteroatoms. The normalized spacial score (nSPS) is 11.3. The first-order valence-corrected chi connectivity index (χ1v) is 10.6. The lowest BCUT2D eigenvalue weighted by Crippen LogP contribution is -2.49. The quantitative estimate of drug-likeness (QED) is 0.269. The molecule has 0 aliphatic carbocycles. The lowest BCUT2D eigenvalue weighted by molar-refractivity contribution is -0.390. The van der Waals surface area contributed by atoms with E-state index in [-0.39, 0.29) is 26.1 Å². The number of carboxylic acid groups (broad SMARTS) is 1. The Morgan fingerprint density at radius 3 is 2.52 bits per heavy atom. The van der Waals surface area contributed by atoms with Gasteiger partial charge in [-0.25, -0.2) is 4.98 Å². The van der Waals surface area contributed by atoms with Crippen LogP contribution >= 0.6 is 11.6 Å². The van der Waals surface area contributed by atoms with Gasteiger partial charge in [-0.3, -0.25) is 19.2 Å². The number of halogens is 1. The monoisotopic (exact) mass is 476 g/mol. The highest BCUT2D eigenvalue weighted by molar-refractivity contribution is 6.30. The number of hydrogen-bond donors (Lipinski definition) is 5. The van der Waals surface area contributed by atoms with Gasteiger partial charge >= 0.3 is 5.97 Å². The van der Waals surface area contributed by atoms with Crippen molar-refractivity contribution < 1.29 is 29.3 Å². The Balaban J connectivity index is 1.91. The molecule has 10 nitrogen and oxygen atoms in total. The molecule has 0 saturated heterocycles. The van der Waals surface area contributed by atoms with Gasteiger partial charge in [0.25, 0.3) is 0 Å². The number of benzene rings is 1. The smallest absolute Gasteiger partial charge is 0.312 e. The molecule has 1 aromatic carbocycles. The summed E-state index contributed by atoms with van der Waals surface area (Å²) in [4.78, 5) is 50.5. The van der Waals surface area contributed by atoms with Crippen molar-refractivity contribution in [2.24, 2.45) is 5.73 Å². The summed E-state index contributed by atoms with van der Waals surface area (Å²) in [5.41, 5.74) is 8.13. The van der Waals surface area contributed by atoms with Crippen molar-refractivity contribution in [1.82, 2.24) is 16.0 Å². The number of rotatable bonds is 12. The van der Waals surface area contributed by atoms with Gasteiger partial charge < -0.3 is 26.8 Å². The average Bonchev–Trinajstić information content (AvgIpc) is 2.79. The maximum Gasteiger partial charge on any atom is 0.312 e. The van der Waals surface area contributed by atoms with E-state index in [0.717, 1.165) is 16.8 Å². The number of carbonyl (C=O) groups is 4. The minimum atomic E-state index is -1.31. The lowest BCUT2D eigenvalue weighted by Gasteiger charge is -2.17. The molecule has 2 aromatic rings. The molecule has 0 saturated carbocycles. The number of hydrogen-bond acceptors (Lipinski definition) is 5. The molecule has 1 aromatic heterocycles. The van der Waals surface area contributed by atoms with Crippen molar-refractivity contribution in [3.8, 4) is 0 Å². The minimum absolute atomic E-state index is 0.185. The zero-order chi connectivity index (χ0) is 24.2. The Labute approximate surface area is 195 Å². The highest BCUT2D eigenvalue weighted by Gasteiger charge is 2.23. The van der Waals surface area contributed by atoms with Crippen molar-refractivity contribution in [2.75, 3.05) is 6.54 Å². The second-order valence-corrected chi connectivity index (χ2v) is 7.67. The van der Waals surface area contributed by atoms with Crippen molar-refractivity contribution in [3.63, 3.8) is 0 Å². The third-order valence-electron chi connectivity index (χ3n) is 4.73. The maximum atomic E-state index is 12.6. The molecule has 1 unspecified atom stereocenters. The van der Waals surface area contributed by atoms with Crippen LogP contribution in [0.2, 0.25) is 5.02 Å². The second-order valence-electron chi connectivity index (χ2n) is 7.23. The number of pyridine rings is 1. The van der Waals surface area contributed by atoms with Gasteiger partial charge in [-0.05, 0) is 29.7 Å². The summed E-state index contributed by atoms with van der Waals surface area (Å²) in [5, 5.41) is 16.9. The number of aromatic nitrogens is 1. The van der Waals surface area contributed by atoms with Gasteiger partial charge in [0.15, 0.2) is 11.9 Å². The molecule has 7 N–H and O–H groups in total. The number of nitrogens with one attached hydrogen (secondary N) is 4. The van der Waals surface area contributed by atoms with E-state index >= 15 is 0 Å². The Morgan fingerprint density at radius 2 is 1.85 bits per heavy atom. The number of H-pyrrole nitrogens is 1. The van der Waals surface area contributed by atoms with Gasteiger partial charge in [0.05, 0.1) is 6.54 Å². The molecule has 3 amide bonds. The van der Waals surface area contributed by atoms with Gasteiger partial charge in [0.2, 0.25) is 17.7 Å². The Kier molecular flexibility index (Phi) is 10.3. The first kappa shape index (κ1) is 25.8. The van der Waals surface area contributed by atoms with E-state index in [1.807, 2.05) is 12.1 Å². The summed E-state index contributed by atoms with van der Waals surface area (Å²) < 4.78 is 0. The van der Waals surface area contributed by atoms with Crippen molar-refractivity contribution in [3.05, 3.63) is 64.4 Å². The fraction of sp³-hybridized carbons (Fsp3) is 0.318. The van der Waals surface area contributed by atoms with Crippen molar-refractivity contribution in [1.29, 1.82) is 0 Å². The number of aryl methyl sites for hydroxylation is 1. The number of amides is 3. The van der Waals surface area contributed by atoms with Crippen LogP contribution in [0, 0.1) is 0 Å². The molecular weight excluding hydrogens is 450 g/mol. The second kappa shape index (κ2) is 13.1. The number of aliphatic carboxylic acids is 1. The lowest BCUT2D eigenvalue weighted by atomic mass is 10.1. The molecule has 0 spiro atoms. The molecule has 0 aliphatic rings. The van der Waals surface area contributed by atoms with Crippen LogP contribution in [-0.2, 0) is 38.7 Å². The molecule has 1 atom stereocenters. The summed E-state index contributed by atoms with van der Waals surface area (Å²) in [6.07, 6.45) is 1.61. The van der Waals surface area contributed by atoms with Crippen LogP contribution in [0.5, 0.6) is 0 Å². The molecule has 176 valence electrons. The number of carbonyl (C=O) groups excluding carboxylic acids is 3. The third-order valence-corrected chi connectivity index (χ3v) is 4.96. The average molecular weight is 477 g/mol. The number of aromatic amines is 1. The number of carboxylic acids is 1. The summed E-state index contributed by atoms with van der Waals surface area (Å²) in [6, 6.07) is 9.64. The third kappa shape index (κ3) is 9.26. The topological polar surface area (TPSA) is 165 Å². The summed E-state index contributed by atoms with van der Waals surface area (Å²) in [5.74, 6) is -3.14. The first-order chi connectivity index (χ1) is 15.8. The molecule has 2 rings (SSSR count). The van der Waals surface area contributed by atoms with Gasteiger partial charge in [-0.1, -0.05) is 23.7 Å². The molecular formula is C22H27ClN5O5+. The van der Waals surface area contributed by atoms with E-state index in [1.54, 1.807) is 30.5 Å². The Bertz CT molecular complexity index is 986. The van der Waals surface area contributed by atoms with Gasteiger partial charge in [-0.2, -0.15) is 0 Å². The highest BCUT2D eigenvalue weighted by Crippen LogP contribution is 2.15. The standard InChI is InChI=1S/C22H26ClN5O5/c23-16-5-4-14(11-24)15(9-16)12-26-20(30)13-27-22(33)18(28-19(29)10-21(31)32)7-6-17-3-1-2-8-25-17/h1-5,8-9,18H,6-7,10-13,24H2,(H,26,30)(H,27,33)(H,28,29)(H,31,32)/p+1. The SMILES string of the molecule is NCc1ccc(Cl)cc1CNC(=O)CNC(=O)C(CCc1cccc[nH+]1)NC(=O)CC(=O)O. The predicted molar refractivity (Wildman–Crippen MR) is 120 cm³/mol. The molecule has 0 fully saturated rings. The van der Waals surface area contributed by atoms with Crippen molar-refractivity contribution in [2.45, 2.75) is 38.4 Å². The van der Waals surface area contributed by atoms with E-state index < -0.39 is 36.2 Å². The molecule has 0 radical (unpaired) electrons. The van der Waals surface area contributed by atoms with Gasteiger partial charge in [0.1, 0.15) is 12.5 Å². The van der Waals surface area contributed by atoms with Gasteiger partial charge in [-0.15, -0.1) is 0 Å². The first-order valence-electron chi connectivity index (χ1n) is 10.3. The Morgan fingerprint density at radius 1 is 1.06 bits per heavy atom. The maximum absolute atomic E-state index is 12.6. The fourth-order valence-corrected chi connectivity index (χ4v) is 3.24. The van der Waals surface area contributed by atoms with Crippen LogP contribution in [0.1, 0.15) is 29.7 Å². The van der Waals surface area contributed by atoms with E-state index in [1.165, 1.54) is 0 Å². The predicted octanol–water partition coefficient (Wildman–Crippen LogP) is -0.0625. The zero-order valence-electron chi connectivity index (χ0n) is 17.9. The summed E-state index contributed by atoms with van der Waals surface area (Å²) >= 11 is 5.99. The van der Waals surface area contributed by atoms with Crippen LogP contribution in [0.15, 0.2) is 42.6 Å². The van der Waals surface area contributed by atoms with Crippen LogP contribution in [-0.4, -0.2) is 41.4 Å². The molecule has 33 heavy (non-hydrogen) atoms. The largest absolute Gasteiger partial charge is 0.481 e. The highest BCUT2D eigenvalue weighted by atomic mass is 35.5. The van der Waals surface area contributed by atoms with E-state index in [0.29, 0.717) is 11.4 Å². The van der Waals surface area contributed by atoms with Crippen LogP contribution in [0.3, 0.4) is 0 Å². The molecule has 0 aliphatic heterocycles. The Hall–Kier alpha value is -3.50. The molecule has 0 bridgehead atoms. The summed E-state index contributed by atoms with van der Waals surface area (Å²) in [6.45, 7) is 0.153. The van der Waals surface area contributed by atoms with E-state index in [9.17, 15) is 19.2 Å². The van der Waals surface area contributed by atoms with E-state index in [2.05, 4.69) is 20.9 Å². The number of nitrogens with two attached hydrogens (primary N) is 1. The molecule has 1 heterocycles.